The summed E-state index contributed by atoms with van der Waals surface area (Å²) in [4.78, 5) is 12.2. The van der Waals surface area contributed by atoms with Crippen LogP contribution in [0.1, 0.15) is 0 Å². The van der Waals surface area contributed by atoms with Crippen LogP contribution in [0.25, 0.3) is 10.9 Å². The van der Waals surface area contributed by atoms with Gasteiger partial charge in [-0.05, 0) is 23.7 Å². The maximum Gasteiger partial charge on any atom is 0.224 e. The summed E-state index contributed by atoms with van der Waals surface area (Å²) in [6.07, 6.45) is 3.19. The van der Waals surface area contributed by atoms with Gasteiger partial charge in [0.25, 0.3) is 0 Å². The molecule has 3 rings (SSSR count). The summed E-state index contributed by atoms with van der Waals surface area (Å²) in [6.45, 7) is 0. The Bertz CT molecular complexity index is 740. The molecule has 0 aliphatic carbocycles. The summed E-state index contributed by atoms with van der Waals surface area (Å²) in [5, 5.41) is 4.70. The van der Waals surface area contributed by atoms with Crippen LogP contribution in [0.4, 0.5) is 11.5 Å². The van der Waals surface area contributed by atoms with E-state index in [0.29, 0.717) is 10.8 Å². The number of fused-ring (bicyclic) bond motifs is 1. The van der Waals surface area contributed by atoms with Crippen LogP contribution in [0.5, 0.6) is 0 Å². The Morgan fingerprint density at radius 3 is 2.74 bits per heavy atom. The lowest BCUT2D eigenvalue weighted by atomic mass is 10.2. The van der Waals surface area contributed by atoms with Crippen LogP contribution < -0.4 is 5.32 Å². The average Bonchev–Trinajstić information content (AvgIpc) is 2.43. The number of halogens is 2. The Labute approximate surface area is 119 Å². The van der Waals surface area contributed by atoms with Gasteiger partial charge in [-0.25, -0.2) is 4.98 Å². The standard InChI is InChI=1S/C13H8Cl2N4/c14-9-7-17-13(15)19-12(9)18-10-5-1-3-8-4-2-6-16-11(8)10/h1-7H,(H,17,18,19). The molecule has 19 heavy (non-hydrogen) atoms. The Morgan fingerprint density at radius 2 is 1.84 bits per heavy atom. The van der Waals surface area contributed by atoms with Crippen molar-refractivity contribution < 1.29 is 0 Å². The number of nitrogens with one attached hydrogen (secondary N) is 1. The van der Waals surface area contributed by atoms with Crippen LogP contribution in [0.3, 0.4) is 0 Å². The molecular weight excluding hydrogens is 283 g/mol. The smallest absolute Gasteiger partial charge is 0.224 e. The maximum absolute atomic E-state index is 6.03. The average molecular weight is 291 g/mol. The highest BCUT2D eigenvalue weighted by molar-refractivity contribution is 6.33. The zero-order valence-electron chi connectivity index (χ0n) is 9.64. The molecule has 0 aliphatic rings. The van der Waals surface area contributed by atoms with E-state index in [9.17, 15) is 0 Å². The summed E-state index contributed by atoms with van der Waals surface area (Å²) in [5.74, 6) is 0.458. The summed E-state index contributed by atoms with van der Waals surface area (Å²) < 4.78 is 0. The van der Waals surface area contributed by atoms with Gasteiger partial charge in [0.2, 0.25) is 5.28 Å². The van der Waals surface area contributed by atoms with E-state index in [-0.39, 0.29) is 5.28 Å². The minimum atomic E-state index is 0.139. The highest BCUT2D eigenvalue weighted by atomic mass is 35.5. The molecule has 0 aliphatic heterocycles. The van der Waals surface area contributed by atoms with Crippen molar-refractivity contribution in [3.63, 3.8) is 0 Å². The van der Waals surface area contributed by atoms with Crippen LogP contribution >= 0.6 is 23.2 Å². The molecule has 6 heteroatoms. The lowest BCUT2D eigenvalue weighted by Gasteiger charge is -2.09. The van der Waals surface area contributed by atoms with E-state index in [1.807, 2.05) is 30.3 Å². The second kappa shape index (κ2) is 4.99. The third-order valence-electron chi connectivity index (χ3n) is 2.60. The molecule has 0 radical (unpaired) electrons. The van der Waals surface area contributed by atoms with Crippen LogP contribution in [-0.4, -0.2) is 15.0 Å². The van der Waals surface area contributed by atoms with Gasteiger partial charge in [-0.1, -0.05) is 29.8 Å². The van der Waals surface area contributed by atoms with E-state index < -0.39 is 0 Å². The van der Waals surface area contributed by atoms with Crippen LogP contribution in [-0.2, 0) is 0 Å². The SMILES string of the molecule is Clc1ncc(Cl)c(Nc2cccc3cccnc23)n1. The molecule has 0 unspecified atom stereocenters. The number of pyridine rings is 1. The van der Waals surface area contributed by atoms with Crippen molar-refractivity contribution in [2.75, 3.05) is 5.32 Å². The molecule has 0 bridgehead atoms. The van der Waals surface area contributed by atoms with Crippen molar-refractivity contribution in [3.8, 4) is 0 Å². The van der Waals surface area contributed by atoms with Gasteiger partial charge in [0.15, 0.2) is 5.82 Å². The zero-order valence-corrected chi connectivity index (χ0v) is 11.2. The largest absolute Gasteiger partial charge is 0.337 e. The molecule has 94 valence electrons. The van der Waals surface area contributed by atoms with Crippen molar-refractivity contribution in [1.29, 1.82) is 0 Å². The van der Waals surface area contributed by atoms with Crippen molar-refractivity contribution >= 4 is 45.6 Å². The lowest BCUT2D eigenvalue weighted by Crippen LogP contribution is -1.97. The quantitative estimate of drug-likeness (QED) is 0.723. The molecule has 0 spiro atoms. The lowest BCUT2D eigenvalue weighted by molar-refractivity contribution is 1.17. The van der Waals surface area contributed by atoms with Gasteiger partial charge in [-0.2, -0.15) is 4.98 Å². The van der Waals surface area contributed by atoms with Gasteiger partial charge in [0.05, 0.1) is 17.4 Å². The Morgan fingerprint density at radius 1 is 1.00 bits per heavy atom. The first-order valence-electron chi connectivity index (χ1n) is 5.53. The second-order valence-corrected chi connectivity index (χ2v) is 4.59. The molecule has 1 aromatic carbocycles. The summed E-state index contributed by atoms with van der Waals surface area (Å²) in [7, 11) is 0. The van der Waals surface area contributed by atoms with Gasteiger partial charge in [0.1, 0.15) is 5.02 Å². The van der Waals surface area contributed by atoms with E-state index in [0.717, 1.165) is 16.6 Å². The maximum atomic E-state index is 6.03. The van der Waals surface area contributed by atoms with Gasteiger partial charge >= 0.3 is 0 Å². The van der Waals surface area contributed by atoms with Gasteiger partial charge in [0, 0.05) is 11.6 Å². The topological polar surface area (TPSA) is 50.7 Å². The van der Waals surface area contributed by atoms with Gasteiger partial charge in [-0.3, -0.25) is 4.98 Å². The second-order valence-electron chi connectivity index (χ2n) is 3.84. The molecule has 3 aromatic rings. The predicted octanol–water partition coefficient (Wildman–Crippen LogP) is 4.08. The predicted molar refractivity (Wildman–Crippen MR) is 77.1 cm³/mol. The van der Waals surface area contributed by atoms with E-state index in [2.05, 4.69) is 20.3 Å². The molecule has 1 N–H and O–H groups in total. The van der Waals surface area contributed by atoms with E-state index in [4.69, 9.17) is 23.2 Å². The molecule has 0 atom stereocenters. The number of rotatable bonds is 2. The Hall–Kier alpha value is -1.91. The third kappa shape index (κ3) is 2.45. The van der Waals surface area contributed by atoms with Gasteiger partial charge in [-0.15, -0.1) is 0 Å². The van der Waals surface area contributed by atoms with Crippen LogP contribution in [0.15, 0.2) is 42.7 Å². The Balaban J connectivity index is 2.08. The normalized spacial score (nSPS) is 10.6. The molecule has 2 aromatic heterocycles. The fourth-order valence-corrected chi connectivity index (χ4v) is 2.04. The molecule has 2 heterocycles. The number of aromatic nitrogens is 3. The molecule has 0 fully saturated rings. The van der Waals surface area contributed by atoms with Crippen molar-refractivity contribution in [2.24, 2.45) is 0 Å². The van der Waals surface area contributed by atoms with Crippen LogP contribution in [0, 0.1) is 0 Å². The van der Waals surface area contributed by atoms with Gasteiger partial charge < -0.3 is 5.32 Å². The number of hydrogen-bond acceptors (Lipinski definition) is 4. The molecule has 0 saturated heterocycles. The fraction of sp³-hybridized carbons (Fsp3) is 0. The van der Waals surface area contributed by atoms with E-state index in [1.165, 1.54) is 6.20 Å². The third-order valence-corrected chi connectivity index (χ3v) is 3.06. The summed E-state index contributed by atoms with van der Waals surface area (Å²) >= 11 is 11.8. The molecule has 4 nitrogen and oxygen atoms in total. The number of hydrogen-bond donors (Lipinski definition) is 1. The zero-order chi connectivity index (χ0) is 13.2. The number of para-hydroxylation sites is 1. The molecule has 0 amide bonds. The van der Waals surface area contributed by atoms with Crippen LogP contribution in [0.2, 0.25) is 10.3 Å². The van der Waals surface area contributed by atoms with Crippen molar-refractivity contribution in [3.05, 3.63) is 53.0 Å². The first-order chi connectivity index (χ1) is 9.24. The Kier molecular flexibility index (Phi) is 3.19. The molecule has 0 saturated carbocycles. The first-order valence-corrected chi connectivity index (χ1v) is 6.28. The minimum absolute atomic E-state index is 0.139. The monoisotopic (exact) mass is 290 g/mol. The summed E-state index contributed by atoms with van der Waals surface area (Å²) in [5.41, 5.74) is 1.66. The van der Waals surface area contributed by atoms with E-state index in [1.54, 1.807) is 6.20 Å². The van der Waals surface area contributed by atoms with Crippen molar-refractivity contribution in [2.45, 2.75) is 0 Å². The van der Waals surface area contributed by atoms with E-state index >= 15 is 0 Å². The molecular formula is C13H8Cl2N4. The number of anilines is 2. The minimum Gasteiger partial charge on any atom is -0.337 e. The highest BCUT2D eigenvalue weighted by Crippen LogP contribution is 2.27. The summed E-state index contributed by atoms with van der Waals surface area (Å²) in [6, 6.07) is 9.70. The van der Waals surface area contributed by atoms with Crippen molar-refractivity contribution in [1.82, 2.24) is 15.0 Å². The fourth-order valence-electron chi connectivity index (χ4n) is 1.77. The number of benzene rings is 1. The highest BCUT2D eigenvalue weighted by Gasteiger charge is 2.07. The first kappa shape index (κ1) is 12.1. The number of nitrogens with zero attached hydrogens (tertiary/aromatic N) is 3.